The molecule has 196 valence electrons. The number of anilines is 1. The molecule has 1 aliphatic heterocycles. The normalized spacial score (nSPS) is 16.3. The van der Waals surface area contributed by atoms with Crippen molar-refractivity contribution in [2.75, 3.05) is 18.0 Å². The highest BCUT2D eigenvalue weighted by atomic mass is 35.5. The second-order valence-corrected chi connectivity index (χ2v) is 10.9. The van der Waals surface area contributed by atoms with Crippen LogP contribution in [0.2, 0.25) is 10.0 Å². The molecule has 2 aliphatic rings. The van der Waals surface area contributed by atoms with Gasteiger partial charge in [-0.25, -0.2) is 0 Å². The van der Waals surface area contributed by atoms with E-state index in [2.05, 4.69) is 16.1 Å². The zero-order valence-corrected chi connectivity index (χ0v) is 22.5. The van der Waals surface area contributed by atoms with Gasteiger partial charge in [-0.15, -0.1) is 0 Å². The van der Waals surface area contributed by atoms with Crippen LogP contribution in [0, 0.1) is 0 Å². The van der Waals surface area contributed by atoms with Crippen LogP contribution in [0.15, 0.2) is 47.1 Å². The Balaban J connectivity index is 1.15. The summed E-state index contributed by atoms with van der Waals surface area (Å²) in [6, 6.07) is 11.5. The molecule has 0 amide bonds. The van der Waals surface area contributed by atoms with Crippen molar-refractivity contribution in [2.24, 2.45) is 7.05 Å². The van der Waals surface area contributed by atoms with Crippen molar-refractivity contribution in [1.82, 2.24) is 9.72 Å². The van der Waals surface area contributed by atoms with E-state index in [1.54, 1.807) is 6.20 Å². The third kappa shape index (κ3) is 4.64. The van der Waals surface area contributed by atoms with E-state index in [1.165, 1.54) is 0 Å². The number of carbonyl (C=O) groups is 2. The molecule has 38 heavy (non-hydrogen) atoms. The van der Waals surface area contributed by atoms with Crippen LogP contribution in [0.4, 0.5) is 5.69 Å². The van der Waals surface area contributed by atoms with Gasteiger partial charge in [-0.1, -0.05) is 40.5 Å². The lowest BCUT2D eigenvalue weighted by molar-refractivity contribution is -0.104. The summed E-state index contributed by atoms with van der Waals surface area (Å²) in [6.07, 6.45) is 6.14. The Morgan fingerprint density at radius 1 is 1.13 bits per heavy atom. The molecule has 4 aromatic rings. The molecule has 0 N–H and O–H groups in total. The number of aromatic nitrogens is 2. The second-order valence-electron chi connectivity index (χ2n) is 10.1. The molecular weight excluding hydrogens is 525 g/mol. The van der Waals surface area contributed by atoms with E-state index in [0.29, 0.717) is 45.7 Å². The summed E-state index contributed by atoms with van der Waals surface area (Å²) in [5.74, 6) is 0.767. The standard InChI is InChI=1S/C29H27Cl2N3O4/c1-33-14-21(26(36)15-35)20-8-7-18(13-25(20)33)34-11-9-19(10-12-34)37-16-22-28(32-38-29(22)17-5-6-17)27-23(30)3-2-4-24(27)31/h2-4,7-8,13-15,17,19H,5-6,9-12,16H2,1H3. The molecule has 0 unspecified atom stereocenters. The molecule has 0 atom stereocenters. The van der Waals surface area contributed by atoms with Crippen LogP contribution >= 0.6 is 23.2 Å². The lowest BCUT2D eigenvalue weighted by atomic mass is 10.0. The Morgan fingerprint density at radius 3 is 2.55 bits per heavy atom. The van der Waals surface area contributed by atoms with Crippen molar-refractivity contribution in [3.63, 3.8) is 0 Å². The number of halogens is 2. The number of nitrogens with zero attached hydrogens (tertiary/aromatic N) is 3. The number of piperidine rings is 1. The number of aryl methyl sites for hydroxylation is 1. The second kappa shape index (κ2) is 10.2. The van der Waals surface area contributed by atoms with Crippen molar-refractivity contribution >= 4 is 51.9 Å². The van der Waals surface area contributed by atoms with Gasteiger partial charge in [-0.3, -0.25) is 9.59 Å². The number of rotatable bonds is 8. The maximum Gasteiger partial charge on any atom is 0.227 e. The van der Waals surface area contributed by atoms with Gasteiger partial charge in [0.25, 0.3) is 0 Å². The van der Waals surface area contributed by atoms with Crippen LogP contribution in [0.1, 0.15) is 53.3 Å². The smallest absolute Gasteiger partial charge is 0.227 e. The fourth-order valence-electron chi connectivity index (χ4n) is 5.36. The number of ketones is 1. The molecule has 2 aromatic carbocycles. The van der Waals surface area contributed by atoms with Crippen LogP contribution < -0.4 is 4.90 Å². The fraction of sp³-hybridized carbons (Fsp3) is 0.345. The van der Waals surface area contributed by atoms with Crippen molar-refractivity contribution < 1.29 is 18.8 Å². The molecule has 7 nitrogen and oxygen atoms in total. The van der Waals surface area contributed by atoms with Crippen molar-refractivity contribution in [2.45, 2.75) is 44.3 Å². The van der Waals surface area contributed by atoms with E-state index in [0.717, 1.165) is 66.7 Å². The molecule has 2 fully saturated rings. The van der Waals surface area contributed by atoms with E-state index in [9.17, 15) is 9.59 Å². The first-order valence-corrected chi connectivity index (χ1v) is 13.6. The minimum Gasteiger partial charge on any atom is -0.373 e. The number of Topliss-reactive ketones (excluding diaryl/α,β-unsaturated/α-hetero) is 1. The van der Waals surface area contributed by atoms with Gasteiger partial charge in [-0.05, 0) is 49.9 Å². The molecule has 6 rings (SSSR count). The van der Waals surface area contributed by atoms with Gasteiger partial charge < -0.3 is 18.7 Å². The first-order valence-electron chi connectivity index (χ1n) is 12.8. The molecule has 0 bridgehead atoms. The third-order valence-corrected chi connectivity index (χ3v) is 8.21. The third-order valence-electron chi connectivity index (χ3n) is 7.58. The van der Waals surface area contributed by atoms with Gasteiger partial charge in [0.15, 0.2) is 6.29 Å². The zero-order chi connectivity index (χ0) is 26.4. The van der Waals surface area contributed by atoms with Gasteiger partial charge in [-0.2, -0.15) is 0 Å². The molecule has 2 aromatic heterocycles. The minimum absolute atomic E-state index is 0.110. The van der Waals surface area contributed by atoms with E-state index in [-0.39, 0.29) is 6.10 Å². The number of hydrogen-bond acceptors (Lipinski definition) is 6. The summed E-state index contributed by atoms with van der Waals surface area (Å²) in [5.41, 5.74) is 4.76. The van der Waals surface area contributed by atoms with E-state index in [1.807, 2.05) is 41.9 Å². The average Bonchev–Trinajstić information content (AvgIpc) is 3.61. The minimum atomic E-state index is -0.501. The topological polar surface area (TPSA) is 77.6 Å². The quantitative estimate of drug-likeness (QED) is 0.140. The average molecular weight is 552 g/mol. The number of benzene rings is 2. The van der Waals surface area contributed by atoms with Gasteiger partial charge in [0, 0.05) is 54.5 Å². The predicted molar refractivity (Wildman–Crippen MR) is 147 cm³/mol. The van der Waals surface area contributed by atoms with Gasteiger partial charge >= 0.3 is 0 Å². The molecular formula is C29H27Cl2N3O4. The Kier molecular flexibility index (Phi) is 6.76. The summed E-state index contributed by atoms with van der Waals surface area (Å²) in [7, 11) is 1.89. The molecule has 3 heterocycles. The fourth-order valence-corrected chi connectivity index (χ4v) is 5.94. The molecule has 9 heteroatoms. The van der Waals surface area contributed by atoms with Crippen molar-refractivity contribution in [3.8, 4) is 11.3 Å². The Hall–Kier alpha value is -3.13. The summed E-state index contributed by atoms with van der Waals surface area (Å²) >= 11 is 13.0. The van der Waals surface area contributed by atoms with Crippen LogP contribution in [0.3, 0.4) is 0 Å². The molecule has 1 saturated carbocycles. The summed E-state index contributed by atoms with van der Waals surface area (Å²) in [5, 5.41) is 6.24. The Morgan fingerprint density at radius 2 is 1.87 bits per heavy atom. The van der Waals surface area contributed by atoms with E-state index >= 15 is 0 Å². The highest BCUT2D eigenvalue weighted by Gasteiger charge is 2.34. The van der Waals surface area contributed by atoms with E-state index in [4.69, 9.17) is 32.5 Å². The van der Waals surface area contributed by atoms with Crippen LogP contribution in [-0.2, 0) is 23.2 Å². The van der Waals surface area contributed by atoms with Gasteiger partial charge in [0.1, 0.15) is 11.5 Å². The Bertz CT molecular complexity index is 1510. The molecule has 1 aliphatic carbocycles. The number of hydrogen-bond donors (Lipinski definition) is 0. The van der Waals surface area contributed by atoms with Gasteiger partial charge in [0.2, 0.25) is 5.78 Å². The SMILES string of the molecule is Cn1cc(C(=O)C=O)c2ccc(N3CCC(OCc4c(-c5c(Cl)cccc5Cl)noc4C4CC4)CC3)cc21. The first kappa shape index (κ1) is 25.2. The molecule has 1 saturated heterocycles. The van der Waals surface area contributed by atoms with Crippen LogP contribution in [-0.4, -0.2) is 41.0 Å². The maximum atomic E-state index is 12.0. The van der Waals surface area contributed by atoms with E-state index < -0.39 is 5.78 Å². The first-order chi connectivity index (χ1) is 18.4. The lowest BCUT2D eigenvalue weighted by Gasteiger charge is -2.33. The van der Waals surface area contributed by atoms with Crippen LogP contribution in [0.25, 0.3) is 22.2 Å². The molecule has 0 spiro atoms. The predicted octanol–water partition coefficient (Wildman–Crippen LogP) is 6.58. The van der Waals surface area contributed by atoms with Gasteiger partial charge in [0.05, 0.1) is 33.8 Å². The Labute approximate surface area is 230 Å². The summed E-state index contributed by atoms with van der Waals surface area (Å²) in [6.45, 7) is 2.10. The number of ether oxygens (including phenoxy) is 1. The summed E-state index contributed by atoms with van der Waals surface area (Å²) < 4.78 is 14.1. The zero-order valence-electron chi connectivity index (χ0n) is 21.0. The number of carbonyl (C=O) groups excluding carboxylic acids is 2. The largest absolute Gasteiger partial charge is 0.373 e. The number of aldehydes is 1. The number of fused-ring (bicyclic) bond motifs is 1. The van der Waals surface area contributed by atoms with Crippen molar-refractivity contribution in [3.05, 3.63) is 69.5 Å². The lowest BCUT2D eigenvalue weighted by Crippen LogP contribution is -2.37. The monoisotopic (exact) mass is 551 g/mol. The highest BCUT2D eigenvalue weighted by Crippen LogP contribution is 2.46. The van der Waals surface area contributed by atoms with Crippen molar-refractivity contribution in [1.29, 1.82) is 0 Å². The molecule has 0 radical (unpaired) electrons. The van der Waals surface area contributed by atoms with Crippen LogP contribution in [0.5, 0.6) is 0 Å². The maximum absolute atomic E-state index is 12.0. The summed E-state index contributed by atoms with van der Waals surface area (Å²) in [4.78, 5) is 25.3. The highest BCUT2D eigenvalue weighted by molar-refractivity contribution is 6.39.